The van der Waals surface area contributed by atoms with Crippen LogP contribution in [0.4, 0.5) is 11.4 Å². The lowest BCUT2D eigenvalue weighted by Gasteiger charge is -2.30. The molecule has 3 aliphatic rings. The quantitative estimate of drug-likeness (QED) is 0.481. The van der Waals surface area contributed by atoms with E-state index in [1.165, 1.54) is 0 Å². The molecule has 3 aromatic carbocycles. The number of para-hydroxylation sites is 2. The average Bonchev–Trinajstić information content (AvgIpc) is 3.23. The molecule has 2 heterocycles. The molecular weight excluding hydrogens is 452 g/mol. The zero-order valence-electron chi connectivity index (χ0n) is 18.6. The van der Waals surface area contributed by atoms with Gasteiger partial charge in [-0.2, -0.15) is 0 Å². The van der Waals surface area contributed by atoms with E-state index < -0.39 is 6.04 Å². The molecule has 6 nitrogen and oxygen atoms in total. The summed E-state index contributed by atoms with van der Waals surface area (Å²) in [6.45, 7) is 0.161. The van der Waals surface area contributed by atoms with Crippen LogP contribution in [-0.2, 0) is 4.79 Å². The summed E-state index contributed by atoms with van der Waals surface area (Å²) in [5, 5.41) is 7.65. The minimum atomic E-state index is -0.419. The Morgan fingerprint density at radius 2 is 1.71 bits per heavy atom. The number of hydrogen-bond acceptors (Lipinski definition) is 6. The largest absolute Gasteiger partial charge is 0.497 e. The van der Waals surface area contributed by atoms with Crippen LogP contribution in [0.15, 0.2) is 71.9 Å². The van der Waals surface area contributed by atoms with Crippen molar-refractivity contribution >= 4 is 28.8 Å². The molecule has 0 spiro atoms. The first-order valence-electron chi connectivity index (χ1n) is 11.2. The molecule has 0 saturated carbocycles. The summed E-state index contributed by atoms with van der Waals surface area (Å²) in [6.07, 6.45) is 1.13. The van der Waals surface area contributed by atoms with E-state index in [-0.39, 0.29) is 18.5 Å². The Balaban J connectivity index is 1.45. The minimum Gasteiger partial charge on any atom is -0.497 e. The van der Waals surface area contributed by atoms with Gasteiger partial charge in [-0.25, -0.2) is 0 Å². The smallest absolute Gasteiger partial charge is 0.231 e. The van der Waals surface area contributed by atoms with Gasteiger partial charge >= 0.3 is 0 Å². The van der Waals surface area contributed by atoms with Crippen molar-refractivity contribution in [2.45, 2.75) is 24.8 Å². The summed E-state index contributed by atoms with van der Waals surface area (Å²) < 4.78 is 16.4. The highest BCUT2D eigenvalue weighted by atomic mass is 35.5. The van der Waals surface area contributed by atoms with E-state index in [0.717, 1.165) is 33.9 Å². The Morgan fingerprint density at radius 3 is 2.47 bits per heavy atom. The van der Waals surface area contributed by atoms with Gasteiger partial charge in [-0.3, -0.25) is 4.79 Å². The van der Waals surface area contributed by atoms with Crippen LogP contribution in [0.2, 0.25) is 5.02 Å². The number of carbonyl (C=O) groups excluding carboxylic acids is 1. The number of halogens is 1. The van der Waals surface area contributed by atoms with Gasteiger partial charge in [0, 0.05) is 29.3 Å². The number of methoxy groups -OCH3 is 1. The third kappa shape index (κ3) is 3.55. The van der Waals surface area contributed by atoms with Crippen molar-refractivity contribution in [2.75, 3.05) is 24.5 Å². The van der Waals surface area contributed by atoms with E-state index in [1.807, 2.05) is 54.6 Å². The monoisotopic (exact) mass is 474 g/mol. The highest BCUT2D eigenvalue weighted by molar-refractivity contribution is 6.31. The van der Waals surface area contributed by atoms with Gasteiger partial charge in [-0.05, 0) is 48.2 Å². The molecule has 0 fully saturated rings. The number of anilines is 2. The third-order valence-electron chi connectivity index (χ3n) is 6.70. The van der Waals surface area contributed by atoms with Crippen LogP contribution in [-0.4, -0.2) is 19.7 Å². The molecule has 0 radical (unpaired) electrons. The Hall–Kier alpha value is -3.64. The van der Waals surface area contributed by atoms with Gasteiger partial charge in [0.25, 0.3) is 0 Å². The molecule has 1 aliphatic carbocycles. The van der Waals surface area contributed by atoms with Crippen molar-refractivity contribution in [1.29, 1.82) is 0 Å². The lowest BCUT2D eigenvalue weighted by Crippen LogP contribution is -2.27. The van der Waals surface area contributed by atoms with Crippen LogP contribution in [0.25, 0.3) is 0 Å². The molecular formula is C27H23ClN2O4. The summed E-state index contributed by atoms with van der Waals surface area (Å²) in [4.78, 5) is 13.7. The number of ether oxygens (including phenoxy) is 3. The first-order chi connectivity index (χ1) is 16.6. The second-order valence-electron chi connectivity index (χ2n) is 8.67. The van der Waals surface area contributed by atoms with Crippen molar-refractivity contribution in [1.82, 2.24) is 0 Å². The van der Waals surface area contributed by atoms with Gasteiger partial charge in [-0.15, -0.1) is 0 Å². The zero-order valence-corrected chi connectivity index (χ0v) is 19.3. The molecule has 0 saturated heterocycles. The highest BCUT2D eigenvalue weighted by Gasteiger charge is 2.37. The van der Waals surface area contributed by atoms with E-state index in [0.29, 0.717) is 34.9 Å². The highest BCUT2D eigenvalue weighted by Crippen LogP contribution is 2.47. The van der Waals surface area contributed by atoms with Crippen molar-refractivity contribution in [3.63, 3.8) is 0 Å². The van der Waals surface area contributed by atoms with Gasteiger partial charge in [0.05, 0.1) is 29.5 Å². The van der Waals surface area contributed by atoms with Crippen LogP contribution in [0.5, 0.6) is 17.2 Å². The van der Waals surface area contributed by atoms with Crippen LogP contribution in [0.3, 0.4) is 0 Å². The molecule has 0 amide bonds. The Morgan fingerprint density at radius 1 is 0.971 bits per heavy atom. The summed E-state index contributed by atoms with van der Waals surface area (Å²) in [5.41, 5.74) is 5.36. The molecule has 172 valence electrons. The van der Waals surface area contributed by atoms with E-state index >= 15 is 0 Å². The number of fused-ring (bicyclic) bond motifs is 2. The summed E-state index contributed by atoms with van der Waals surface area (Å²) >= 11 is 6.71. The number of carbonyl (C=O) groups is 1. The van der Waals surface area contributed by atoms with Crippen molar-refractivity contribution in [3.8, 4) is 17.2 Å². The summed E-state index contributed by atoms with van der Waals surface area (Å²) in [5.74, 6) is 2.21. The summed E-state index contributed by atoms with van der Waals surface area (Å²) in [7, 11) is 1.65. The van der Waals surface area contributed by atoms with Crippen LogP contribution >= 0.6 is 11.6 Å². The van der Waals surface area contributed by atoms with Gasteiger partial charge in [0.2, 0.25) is 6.79 Å². The molecule has 6 rings (SSSR count). The molecule has 34 heavy (non-hydrogen) atoms. The lowest BCUT2D eigenvalue weighted by atomic mass is 9.78. The van der Waals surface area contributed by atoms with Crippen molar-refractivity contribution < 1.29 is 19.0 Å². The summed E-state index contributed by atoms with van der Waals surface area (Å²) in [6, 6.07) is 19.1. The Labute approximate surface area is 202 Å². The molecule has 2 atom stereocenters. The van der Waals surface area contributed by atoms with Crippen molar-refractivity contribution in [2.24, 2.45) is 0 Å². The van der Waals surface area contributed by atoms with E-state index in [2.05, 4.69) is 10.6 Å². The minimum absolute atomic E-state index is 0.0720. The third-order valence-corrected chi connectivity index (χ3v) is 7.03. The fourth-order valence-corrected chi connectivity index (χ4v) is 5.25. The van der Waals surface area contributed by atoms with Crippen LogP contribution in [0.1, 0.15) is 35.9 Å². The number of ketones is 1. The molecule has 0 aromatic heterocycles. The fraction of sp³-hybridized carbons (Fsp3) is 0.222. The zero-order chi connectivity index (χ0) is 23.2. The molecule has 2 unspecified atom stereocenters. The lowest BCUT2D eigenvalue weighted by molar-refractivity contribution is -0.116. The molecule has 2 aliphatic heterocycles. The Kier molecular flexibility index (Phi) is 5.11. The number of allylic oxidation sites excluding steroid dienone is 1. The second kappa shape index (κ2) is 8.29. The normalized spacial score (nSPS) is 20.6. The molecule has 0 bridgehead atoms. The standard InChI is InChI=1S/C27H23ClN2O4/c1-32-17-8-6-15(7-9-17)16-10-22-26(23(31)11-16)27(30-21-5-3-2-4-20(21)29-22)18-12-24-25(13-19(18)28)34-14-33-24/h2-9,12-13,16,27,29-30H,10-11,14H2,1H3. The maximum atomic E-state index is 13.7. The number of hydrogen-bond donors (Lipinski definition) is 2. The van der Waals surface area contributed by atoms with E-state index in [9.17, 15) is 4.79 Å². The first kappa shape index (κ1) is 20.9. The maximum Gasteiger partial charge on any atom is 0.231 e. The molecule has 3 aromatic rings. The number of benzene rings is 3. The van der Waals surface area contributed by atoms with Gasteiger partial charge < -0.3 is 24.8 Å². The van der Waals surface area contributed by atoms with Crippen LogP contribution in [0, 0.1) is 0 Å². The predicted molar refractivity (Wildman–Crippen MR) is 131 cm³/mol. The van der Waals surface area contributed by atoms with Gasteiger partial charge in [-0.1, -0.05) is 35.9 Å². The average molecular weight is 475 g/mol. The maximum absolute atomic E-state index is 13.7. The van der Waals surface area contributed by atoms with Crippen LogP contribution < -0.4 is 24.8 Å². The fourth-order valence-electron chi connectivity index (χ4n) is 4.99. The topological polar surface area (TPSA) is 68.8 Å². The first-order valence-corrected chi connectivity index (χ1v) is 11.6. The van der Waals surface area contributed by atoms with E-state index in [4.69, 9.17) is 25.8 Å². The SMILES string of the molecule is COc1ccc(C2CC(=O)C3=C(C2)Nc2ccccc2NC3c2cc3c(cc2Cl)OCO3)cc1. The Bertz CT molecular complexity index is 1320. The number of Topliss-reactive ketones (excluding diaryl/α,β-unsaturated/α-hetero) is 1. The molecule has 7 heteroatoms. The number of nitrogens with one attached hydrogen (secondary N) is 2. The van der Waals surface area contributed by atoms with E-state index in [1.54, 1.807) is 13.2 Å². The number of rotatable bonds is 3. The van der Waals surface area contributed by atoms with Crippen molar-refractivity contribution in [3.05, 3.63) is 88.1 Å². The molecule has 2 N–H and O–H groups in total. The van der Waals surface area contributed by atoms with Gasteiger partial charge in [0.1, 0.15) is 5.75 Å². The second-order valence-corrected chi connectivity index (χ2v) is 9.08. The van der Waals surface area contributed by atoms with Gasteiger partial charge in [0.15, 0.2) is 17.3 Å². The predicted octanol–water partition coefficient (Wildman–Crippen LogP) is 6.06.